The van der Waals surface area contributed by atoms with Crippen LogP contribution in [0.4, 0.5) is 4.79 Å². The van der Waals surface area contributed by atoms with Gasteiger partial charge in [-0.15, -0.1) is 0 Å². The maximum absolute atomic E-state index is 11.3. The highest BCUT2D eigenvalue weighted by Gasteiger charge is 2.18. The van der Waals surface area contributed by atoms with Crippen LogP contribution in [0.15, 0.2) is 0 Å². The Morgan fingerprint density at radius 3 is 2.65 bits per heavy atom. The second kappa shape index (κ2) is 9.86. The fourth-order valence-electron chi connectivity index (χ4n) is 1.12. The van der Waals surface area contributed by atoms with Crippen molar-refractivity contribution in [2.75, 3.05) is 26.4 Å². The van der Waals surface area contributed by atoms with Gasteiger partial charge in [0.25, 0.3) is 0 Å². The number of carbonyl (C=O) groups excluding carboxylic acids is 1. The average Bonchev–Trinajstić information content (AvgIpc) is 2.28. The molecule has 0 radical (unpaired) electrons. The van der Waals surface area contributed by atoms with Crippen LogP contribution in [-0.2, 0) is 9.53 Å². The Balaban J connectivity index is 3.71. The van der Waals surface area contributed by atoms with Crippen LogP contribution in [0.5, 0.6) is 0 Å². The first-order valence-electron chi connectivity index (χ1n) is 5.57. The Bertz CT molecular complexity index is 235. The monoisotopic (exact) mass is 248 g/mol. The molecule has 7 heteroatoms. The van der Waals surface area contributed by atoms with Gasteiger partial charge in [0.15, 0.2) is 0 Å². The largest absolute Gasteiger partial charge is 0.480 e. The van der Waals surface area contributed by atoms with E-state index >= 15 is 0 Å². The molecule has 17 heavy (non-hydrogen) atoms. The molecule has 7 nitrogen and oxygen atoms in total. The Labute approximate surface area is 100 Å². The maximum Gasteiger partial charge on any atom is 0.326 e. The topological polar surface area (TPSA) is 108 Å². The summed E-state index contributed by atoms with van der Waals surface area (Å²) in [5.41, 5.74) is 0. The first-order chi connectivity index (χ1) is 8.11. The molecule has 1 atom stereocenters. The Hall–Kier alpha value is -1.34. The molecule has 0 fully saturated rings. The molecule has 0 saturated heterocycles. The molecular weight excluding hydrogens is 228 g/mol. The first-order valence-corrected chi connectivity index (χ1v) is 5.57. The highest BCUT2D eigenvalue weighted by molar-refractivity contribution is 5.82. The summed E-state index contributed by atoms with van der Waals surface area (Å²) in [5, 5.41) is 22.1. The molecule has 0 aliphatic heterocycles. The quantitative estimate of drug-likeness (QED) is 0.413. The van der Waals surface area contributed by atoms with Crippen molar-refractivity contribution < 1.29 is 24.5 Å². The van der Waals surface area contributed by atoms with E-state index in [2.05, 4.69) is 10.6 Å². The summed E-state index contributed by atoms with van der Waals surface area (Å²) in [4.78, 5) is 21.9. The van der Waals surface area contributed by atoms with E-state index in [1.807, 2.05) is 6.92 Å². The summed E-state index contributed by atoms with van der Waals surface area (Å²) in [5.74, 6) is -1.16. The molecule has 0 spiro atoms. The molecule has 0 aromatic heterocycles. The SMILES string of the molecule is CCOCCCNC(=O)NC(CCO)C(=O)O. The van der Waals surface area contributed by atoms with Gasteiger partial charge in [-0.3, -0.25) is 0 Å². The number of aliphatic carboxylic acids is 1. The minimum Gasteiger partial charge on any atom is -0.480 e. The fourth-order valence-corrected chi connectivity index (χ4v) is 1.12. The number of carboxylic acid groups (broad SMARTS) is 1. The lowest BCUT2D eigenvalue weighted by atomic mass is 10.2. The highest BCUT2D eigenvalue weighted by atomic mass is 16.5. The predicted molar refractivity (Wildman–Crippen MR) is 60.8 cm³/mol. The van der Waals surface area contributed by atoms with Gasteiger partial charge >= 0.3 is 12.0 Å². The summed E-state index contributed by atoms with van der Waals surface area (Å²) in [6.07, 6.45) is 0.653. The van der Waals surface area contributed by atoms with Crippen molar-refractivity contribution >= 4 is 12.0 Å². The number of nitrogens with one attached hydrogen (secondary N) is 2. The molecule has 4 N–H and O–H groups in total. The van der Waals surface area contributed by atoms with E-state index < -0.39 is 18.0 Å². The van der Waals surface area contributed by atoms with Crippen molar-refractivity contribution in [3.63, 3.8) is 0 Å². The number of hydrogen-bond acceptors (Lipinski definition) is 4. The summed E-state index contributed by atoms with van der Waals surface area (Å²) in [7, 11) is 0. The standard InChI is InChI=1S/C10H20N2O5/c1-2-17-7-3-5-11-10(16)12-8(4-6-13)9(14)15/h8,13H,2-7H2,1H3,(H,14,15)(H2,11,12,16). The number of hydrogen-bond donors (Lipinski definition) is 4. The summed E-state index contributed by atoms with van der Waals surface area (Å²) >= 11 is 0. The Morgan fingerprint density at radius 2 is 2.12 bits per heavy atom. The van der Waals surface area contributed by atoms with Crippen molar-refractivity contribution in [2.45, 2.75) is 25.8 Å². The maximum atomic E-state index is 11.3. The summed E-state index contributed by atoms with van der Waals surface area (Å²) < 4.78 is 5.07. The zero-order chi connectivity index (χ0) is 13.1. The molecule has 0 aromatic rings. The van der Waals surface area contributed by atoms with Gasteiger partial charge in [-0.2, -0.15) is 0 Å². The number of ether oxygens (including phenoxy) is 1. The molecule has 0 saturated carbocycles. The van der Waals surface area contributed by atoms with Gasteiger partial charge in [0.1, 0.15) is 6.04 Å². The molecule has 2 amide bonds. The van der Waals surface area contributed by atoms with Crippen LogP contribution in [0.25, 0.3) is 0 Å². The summed E-state index contributed by atoms with van der Waals surface area (Å²) in [6.45, 7) is 3.19. The molecule has 0 bridgehead atoms. The van der Waals surface area contributed by atoms with E-state index in [9.17, 15) is 9.59 Å². The van der Waals surface area contributed by atoms with Crippen molar-refractivity contribution in [2.24, 2.45) is 0 Å². The van der Waals surface area contributed by atoms with Gasteiger partial charge in [-0.1, -0.05) is 0 Å². The van der Waals surface area contributed by atoms with Crippen LogP contribution in [0.3, 0.4) is 0 Å². The van der Waals surface area contributed by atoms with Gasteiger partial charge in [-0.05, 0) is 13.3 Å². The Kier molecular flexibility index (Phi) is 9.08. The lowest BCUT2D eigenvalue weighted by molar-refractivity contribution is -0.139. The third-order valence-electron chi connectivity index (χ3n) is 1.98. The zero-order valence-electron chi connectivity index (χ0n) is 9.94. The second-order valence-electron chi connectivity index (χ2n) is 3.35. The van der Waals surface area contributed by atoms with Gasteiger partial charge in [0.05, 0.1) is 0 Å². The Morgan fingerprint density at radius 1 is 1.41 bits per heavy atom. The van der Waals surface area contributed by atoms with E-state index in [0.29, 0.717) is 26.2 Å². The second-order valence-corrected chi connectivity index (χ2v) is 3.35. The normalized spacial score (nSPS) is 11.9. The van der Waals surface area contributed by atoms with Crippen molar-refractivity contribution in [3.05, 3.63) is 0 Å². The van der Waals surface area contributed by atoms with Gasteiger partial charge in [0, 0.05) is 32.8 Å². The molecule has 0 aromatic carbocycles. The number of aliphatic hydroxyl groups is 1. The van der Waals surface area contributed by atoms with Crippen molar-refractivity contribution in [1.82, 2.24) is 10.6 Å². The van der Waals surface area contributed by atoms with Crippen LogP contribution in [0.2, 0.25) is 0 Å². The number of amides is 2. The number of rotatable bonds is 9. The number of carboxylic acids is 1. The molecule has 1 unspecified atom stereocenters. The van der Waals surface area contributed by atoms with Gasteiger partial charge < -0.3 is 25.6 Å². The highest BCUT2D eigenvalue weighted by Crippen LogP contribution is 1.91. The number of aliphatic hydroxyl groups excluding tert-OH is 1. The van der Waals surface area contributed by atoms with Crippen LogP contribution < -0.4 is 10.6 Å². The number of carbonyl (C=O) groups is 2. The van der Waals surface area contributed by atoms with E-state index in [4.69, 9.17) is 14.9 Å². The minimum absolute atomic E-state index is 0.0122. The smallest absolute Gasteiger partial charge is 0.326 e. The van der Waals surface area contributed by atoms with Crippen molar-refractivity contribution in [1.29, 1.82) is 0 Å². The number of urea groups is 1. The molecule has 100 valence electrons. The van der Waals surface area contributed by atoms with E-state index in [0.717, 1.165) is 0 Å². The molecule has 0 heterocycles. The van der Waals surface area contributed by atoms with Gasteiger partial charge in [-0.25, -0.2) is 9.59 Å². The zero-order valence-corrected chi connectivity index (χ0v) is 9.94. The molecule has 0 aliphatic rings. The average molecular weight is 248 g/mol. The predicted octanol–water partition coefficient (Wildman–Crippen LogP) is -0.452. The van der Waals surface area contributed by atoms with E-state index in [-0.39, 0.29) is 13.0 Å². The minimum atomic E-state index is -1.16. The lowest BCUT2D eigenvalue weighted by Gasteiger charge is -2.13. The van der Waals surface area contributed by atoms with Crippen LogP contribution in [-0.4, -0.2) is 54.6 Å². The fraction of sp³-hybridized carbons (Fsp3) is 0.800. The molecule has 0 aliphatic carbocycles. The van der Waals surface area contributed by atoms with E-state index in [1.54, 1.807) is 0 Å². The van der Waals surface area contributed by atoms with Crippen LogP contribution in [0.1, 0.15) is 19.8 Å². The molecular formula is C10H20N2O5. The molecule has 0 rings (SSSR count). The van der Waals surface area contributed by atoms with Crippen LogP contribution in [0, 0.1) is 0 Å². The van der Waals surface area contributed by atoms with Gasteiger partial charge in [0.2, 0.25) is 0 Å². The van der Waals surface area contributed by atoms with Crippen LogP contribution >= 0.6 is 0 Å². The summed E-state index contributed by atoms with van der Waals surface area (Å²) in [6, 6.07) is -1.62. The van der Waals surface area contributed by atoms with Crippen molar-refractivity contribution in [3.8, 4) is 0 Å². The van der Waals surface area contributed by atoms with E-state index in [1.165, 1.54) is 0 Å². The first kappa shape index (κ1) is 15.7. The lowest BCUT2D eigenvalue weighted by Crippen LogP contribution is -2.46. The third kappa shape index (κ3) is 8.47. The third-order valence-corrected chi connectivity index (χ3v) is 1.98.